The van der Waals surface area contributed by atoms with Crippen LogP contribution in [0.25, 0.3) is 0 Å². The minimum Gasteiger partial charge on any atom is -0.510 e. The van der Waals surface area contributed by atoms with E-state index in [1.54, 1.807) is 20.2 Å². The number of hydrogen-bond acceptors (Lipinski definition) is 8. The number of Topliss-reactive ketones (excluding diaryl/α,β-unsaturated/α-hetero) is 2. The molecule has 0 bridgehead atoms. The number of aryl methyl sites for hydroxylation is 3. The minimum atomic E-state index is -2.64. The Kier molecular flexibility index (Phi) is 6.39. The van der Waals surface area contributed by atoms with Crippen LogP contribution in [0.2, 0.25) is 0 Å². The number of allylic oxidation sites excluding steroid dienone is 1. The van der Waals surface area contributed by atoms with Gasteiger partial charge < -0.3 is 26.2 Å². The van der Waals surface area contributed by atoms with Gasteiger partial charge in [0.1, 0.15) is 22.8 Å². The summed E-state index contributed by atoms with van der Waals surface area (Å²) >= 11 is 0. The van der Waals surface area contributed by atoms with Gasteiger partial charge in [-0.3, -0.25) is 19.3 Å². The largest absolute Gasteiger partial charge is 0.510 e. The van der Waals surface area contributed by atoms with Crippen molar-refractivity contribution in [3.05, 3.63) is 86.9 Å². The average molecular weight is 533 g/mol. The first-order valence-electron chi connectivity index (χ1n) is 12.9. The summed E-state index contributed by atoms with van der Waals surface area (Å²) < 4.78 is 0. The van der Waals surface area contributed by atoms with E-state index in [9.17, 15) is 34.8 Å². The van der Waals surface area contributed by atoms with E-state index in [4.69, 9.17) is 5.73 Å². The number of likely N-dealkylation sites (N-methyl/N-ethyl adjacent to an activating group) is 1. The molecule has 0 radical (unpaired) electrons. The van der Waals surface area contributed by atoms with Gasteiger partial charge in [0, 0.05) is 11.5 Å². The number of nitrogens with two attached hydrogens (primary N) is 1. The van der Waals surface area contributed by atoms with Gasteiger partial charge in [-0.05, 0) is 75.4 Å². The summed E-state index contributed by atoms with van der Waals surface area (Å²) in [6.45, 7) is 2.02. The van der Waals surface area contributed by atoms with Crippen LogP contribution in [0.3, 0.4) is 0 Å². The highest BCUT2D eigenvalue weighted by atomic mass is 16.3. The summed E-state index contributed by atoms with van der Waals surface area (Å²) in [5.41, 5.74) is 5.65. The molecular weight excluding hydrogens is 500 g/mol. The monoisotopic (exact) mass is 532 g/mol. The molecular formula is C30H32N2O7. The second kappa shape index (κ2) is 9.36. The molecule has 9 nitrogen and oxygen atoms in total. The third-order valence-corrected chi connectivity index (χ3v) is 8.51. The fraction of sp³-hybridized carbons (Fsp3) is 0.367. The Morgan fingerprint density at radius 1 is 1.05 bits per heavy atom. The number of phenolic OH excluding ortho intramolecular Hbond substituents is 1. The quantitative estimate of drug-likeness (QED) is 0.366. The van der Waals surface area contributed by atoms with Crippen LogP contribution in [0.15, 0.2) is 59.1 Å². The highest BCUT2D eigenvalue weighted by Gasteiger charge is 2.63. The molecule has 2 aromatic rings. The van der Waals surface area contributed by atoms with Gasteiger partial charge in [-0.2, -0.15) is 0 Å². The van der Waals surface area contributed by atoms with Gasteiger partial charge in [-0.25, -0.2) is 0 Å². The molecule has 0 heterocycles. The predicted molar refractivity (Wildman–Crippen MR) is 142 cm³/mol. The van der Waals surface area contributed by atoms with Crippen molar-refractivity contribution in [3.8, 4) is 5.75 Å². The zero-order chi connectivity index (χ0) is 28.4. The molecule has 3 aliphatic rings. The summed E-state index contributed by atoms with van der Waals surface area (Å²) in [5, 5.41) is 44.6. The molecule has 0 aromatic heterocycles. The SMILES string of the molecule is Cc1ccc(CCc2ccc(O)c3c2CC2CC4[C@H](N(C)C)C(O)=C(C(N)=O)C(=O)[C@@]4(O)C(O)=C2C3=O)cc1. The Labute approximate surface area is 225 Å². The van der Waals surface area contributed by atoms with E-state index in [1.165, 1.54) is 11.0 Å². The Hall–Kier alpha value is -3.95. The first-order valence-corrected chi connectivity index (χ1v) is 12.9. The smallest absolute Gasteiger partial charge is 0.255 e. The number of carbonyl (C=O) groups is 3. The normalized spacial score (nSPS) is 26.4. The number of aliphatic hydroxyl groups excluding tert-OH is 2. The van der Waals surface area contributed by atoms with Crippen LogP contribution < -0.4 is 5.73 Å². The second-order valence-electron chi connectivity index (χ2n) is 11.0. The molecule has 0 aliphatic heterocycles. The molecule has 3 aliphatic carbocycles. The van der Waals surface area contributed by atoms with E-state index in [1.807, 2.05) is 19.1 Å². The molecule has 9 heteroatoms. The lowest BCUT2D eigenvalue weighted by Crippen LogP contribution is -2.63. The number of rotatable bonds is 5. The first kappa shape index (κ1) is 26.6. The molecule has 0 saturated heterocycles. The zero-order valence-corrected chi connectivity index (χ0v) is 22.1. The van der Waals surface area contributed by atoms with E-state index in [2.05, 4.69) is 12.1 Å². The number of carbonyl (C=O) groups excluding carboxylic acids is 3. The van der Waals surface area contributed by atoms with Crippen LogP contribution in [0.5, 0.6) is 5.75 Å². The zero-order valence-electron chi connectivity index (χ0n) is 22.1. The Morgan fingerprint density at radius 2 is 1.72 bits per heavy atom. The van der Waals surface area contributed by atoms with E-state index in [0.717, 1.165) is 23.1 Å². The molecule has 39 heavy (non-hydrogen) atoms. The highest BCUT2D eigenvalue weighted by molar-refractivity contribution is 6.24. The fourth-order valence-corrected chi connectivity index (χ4v) is 6.58. The Bertz CT molecular complexity index is 1470. The third kappa shape index (κ3) is 3.95. The van der Waals surface area contributed by atoms with Gasteiger partial charge >= 0.3 is 0 Å². The molecule has 2 aromatic carbocycles. The minimum absolute atomic E-state index is 0.0391. The van der Waals surface area contributed by atoms with Crippen molar-refractivity contribution in [2.75, 3.05) is 14.1 Å². The third-order valence-electron chi connectivity index (χ3n) is 8.51. The van der Waals surface area contributed by atoms with Gasteiger partial charge in [0.05, 0.1) is 11.6 Å². The number of hydrogen-bond donors (Lipinski definition) is 5. The van der Waals surface area contributed by atoms with Crippen molar-refractivity contribution in [2.45, 2.75) is 44.2 Å². The number of aromatic hydroxyl groups is 1. The Morgan fingerprint density at radius 3 is 2.33 bits per heavy atom. The number of aliphatic hydroxyl groups is 3. The fourth-order valence-electron chi connectivity index (χ4n) is 6.58. The maximum atomic E-state index is 13.8. The molecule has 0 fully saturated rings. The molecule has 0 spiro atoms. The molecule has 1 amide bonds. The van der Waals surface area contributed by atoms with E-state index in [0.29, 0.717) is 12.0 Å². The first-order chi connectivity index (χ1) is 18.4. The number of benzene rings is 2. The number of amides is 1. The van der Waals surface area contributed by atoms with Crippen LogP contribution in [0.4, 0.5) is 0 Å². The standard InChI is InChI=1S/C30H32N2O7/c1-14-4-6-15(7-5-14)8-9-16-10-11-20(33)22-18(16)12-17-13-19-24(32(2)3)26(35)23(29(31)38)28(37)30(19,39)27(36)21(17)25(22)34/h4-7,10-11,17,19,24,33,35-36,39H,8-9,12-13H2,1-3H3,(H2,31,38)/t17?,19?,24-,30-/m0/s1. The van der Waals surface area contributed by atoms with Crippen molar-refractivity contribution in [1.82, 2.24) is 4.90 Å². The lowest BCUT2D eigenvalue weighted by Gasteiger charge is -2.50. The van der Waals surface area contributed by atoms with Crippen LogP contribution in [0, 0.1) is 18.8 Å². The second-order valence-corrected chi connectivity index (χ2v) is 11.0. The molecule has 204 valence electrons. The molecule has 0 saturated carbocycles. The number of fused-ring (bicyclic) bond motifs is 3. The lowest BCUT2D eigenvalue weighted by molar-refractivity contribution is -0.148. The van der Waals surface area contributed by atoms with Gasteiger partial charge in [0.25, 0.3) is 5.91 Å². The van der Waals surface area contributed by atoms with Gasteiger partial charge in [0.15, 0.2) is 11.4 Å². The van der Waals surface area contributed by atoms with Crippen LogP contribution in [-0.2, 0) is 28.9 Å². The number of nitrogens with zero attached hydrogens (tertiary/aromatic N) is 1. The molecule has 4 atom stereocenters. The number of ketones is 2. The van der Waals surface area contributed by atoms with Gasteiger partial charge in [-0.15, -0.1) is 0 Å². The Balaban J connectivity index is 1.60. The highest BCUT2D eigenvalue weighted by Crippen LogP contribution is 2.52. The summed E-state index contributed by atoms with van der Waals surface area (Å²) in [5.74, 6) is -6.48. The maximum absolute atomic E-state index is 13.8. The maximum Gasteiger partial charge on any atom is 0.255 e. The summed E-state index contributed by atoms with van der Waals surface area (Å²) in [6.07, 6.45) is 1.69. The average Bonchev–Trinajstić information content (AvgIpc) is 2.86. The van der Waals surface area contributed by atoms with E-state index >= 15 is 0 Å². The van der Waals surface area contributed by atoms with Crippen molar-refractivity contribution in [2.24, 2.45) is 17.6 Å². The van der Waals surface area contributed by atoms with Crippen LogP contribution in [0.1, 0.15) is 39.0 Å². The molecule has 2 unspecified atom stereocenters. The summed E-state index contributed by atoms with van der Waals surface area (Å²) in [6, 6.07) is 10.4. The predicted octanol–water partition coefficient (Wildman–Crippen LogP) is 2.21. The van der Waals surface area contributed by atoms with Gasteiger partial charge in [0.2, 0.25) is 5.78 Å². The van der Waals surface area contributed by atoms with Crippen LogP contribution >= 0.6 is 0 Å². The number of primary amides is 1. The summed E-state index contributed by atoms with van der Waals surface area (Å²) in [7, 11) is 3.21. The van der Waals surface area contributed by atoms with Crippen LogP contribution in [-0.4, -0.2) is 68.5 Å². The topological polar surface area (TPSA) is 161 Å². The molecule has 6 N–H and O–H groups in total. The van der Waals surface area contributed by atoms with E-state index in [-0.39, 0.29) is 29.7 Å². The summed E-state index contributed by atoms with van der Waals surface area (Å²) in [4.78, 5) is 40.8. The van der Waals surface area contributed by atoms with Crippen molar-refractivity contribution in [1.29, 1.82) is 0 Å². The van der Waals surface area contributed by atoms with Crippen molar-refractivity contribution in [3.63, 3.8) is 0 Å². The van der Waals surface area contributed by atoms with Gasteiger partial charge in [-0.1, -0.05) is 35.9 Å². The molecule has 5 rings (SSSR count). The van der Waals surface area contributed by atoms with E-state index < -0.39 is 58.0 Å². The van der Waals surface area contributed by atoms with Crippen molar-refractivity contribution >= 4 is 17.5 Å². The number of phenols is 1. The lowest BCUT2D eigenvalue weighted by atomic mass is 9.58. The van der Waals surface area contributed by atoms with Crippen molar-refractivity contribution < 1.29 is 34.8 Å².